The van der Waals surface area contributed by atoms with E-state index in [1.807, 2.05) is 24.5 Å². The third-order valence-electron chi connectivity index (χ3n) is 3.54. The molecule has 2 nitrogen and oxygen atoms in total. The molecule has 3 aromatic rings. The molecule has 0 radical (unpaired) electrons. The van der Waals surface area contributed by atoms with Gasteiger partial charge in [-0.1, -0.05) is 51.8 Å². The van der Waals surface area contributed by atoms with Gasteiger partial charge >= 0.3 is 0 Å². The molecule has 1 aromatic heterocycles. The second kappa shape index (κ2) is 5.35. The summed E-state index contributed by atoms with van der Waals surface area (Å²) in [6, 6.07) is 14.3. The fourth-order valence-corrected chi connectivity index (χ4v) is 2.98. The van der Waals surface area contributed by atoms with E-state index in [-0.39, 0.29) is 6.04 Å². The fraction of sp³-hybridized carbons (Fsp3) is 0.118. The van der Waals surface area contributed by atoms with Crippen molar-refractivity contribution in [2.75, 3.05) is 0 Å². The lowest BCUT2D eigenvalue weighted by molar-refractivity contribution is 0.873. The van der Waals surface area contributed by atoms with Gasteiger partial charge in [0.15, 0.2) is 0 Å². The van der Waals surface area contributed by atoms with Crippen LogP contribution in [0.15, 0.2) is 59.3 Å². The van der Waals surface area contributed by atoms with Crippen molar-refractivity contribution < 1.29 is 0 Å². The molecule has 3 heteroatoms. The zero-order valence-corrected chi connectivity index (χ0v) is 12.8. The molecule has 0 saturated carbocycles. The standard InChI is InChI=1S/C17H15BrN2/c1-11-5-6-16(18)15(9-11)17(19)14-4-2-3-12-10-20-8-7-13(12)14/h2-10,17H,19H2,1H3. The Labute approximate surface area is 126 Å². The molecule has 0 aliphatic carbocycles. The number of aryl methyl sites for hydroxylation is 1. The van der Waals surface area contributed by atoms with Crippen LogP contribution in [0.1, 0.15) is 22.7 Å². The summed E-state index contributed by atoms with van der Waals surface area (Å²) in [7, 11) is 0. The Bertz CT molecular complexity index is 763. The summed E-state index contributed by atoms with van der Waals surface area (Å²) < 4.78 is 1.04. The molecule has 100 valence electrons. The molecule has 3 rings (SSSR count). The topological polar surface area (TPSA) is 38.9 Å². The highest BCUT2D eigenvalue weighted by molar-refractivity contribution is 9.10. The molecule has 0 aliphatic heterocycles. The minimum absolute atomic E-state index is 0.157. The maximum Gasteiger partial charge on any atom is 0.0569 e. The molecule has 1 unspecified atom stereocenters. The average molecular weight is 327 g/mol. The molecule has 2 N–H and O–H groups in total. The number of hydrogen-bond acceptors (Lipinski definition) is 2. The van der Waals surface area contributed by atoms with Crippen LogP contribution in [-0.2, 0) is 0 Å². The fourth-order valence-electron chi connectivity index (χ4n) is 2.49. The molecule has 20 heavy (non-hydrogen) atoms. The summed E-state index contributed by atoms with van der Waals surface area (Å²) in [4.78, 5) is 4.17. The van der Waals surface area contributed by atoms with Crippen LogP contribution in [0.5, 0.6) is 0 Å². The van der Waals surface area contributed by atoms with Gasteiger partial charge in [-0.3, -0.25) is 4.98 Å². The predicted octanol–water partition coefficient (Wildman–Crippen LogP) is 4.35. The first-order valence-corrected chi connectivity index (χ1v) is 7.30. The Hall–Kier alpha value is -1.71. The van der Waals surface area contributed by atoms with Crippen molar-refractivity contribution in [3.63, 3.8) is 0 Å². The Morgan fingerprint density at radius 1 is 1.10 bits per heavy atom. The van der Waals surface area contributed by atoms with E-state index in [9.17, 15) is 0 Å². The van der Waals surface area contributed by atoms with E-state index < -0.39 is 0 Å². The zero-order valence-electron chi connectivity index (χ0n) is 11.2. The number of nitrogens with zero attached hydrogens (tertiary/aromatic N) is 1. The van der Waals surface area contributed by atoms with Crippen LogP contribution in [0.25, 0.3) is 10.8 Å². The first-order chi connectivity index (χ1) is 9.66. The summed E-state index contributed by atoms with van der Waals surface area (Å²) in [6.07, 6.45) is 3.68. The quantitative estimate of drug-likeness (QED) is 0.760. The van der Waals surface area contributed by atoms with Crippen LogP contribution in [0.3, 0.4) is 0 Å². The van der Waals surface area contributed by atoms with Gasteiger partial charge in [-0.05, 0) is 35.6 Å². The monoisotopic (exact) mass is 326 g/mol. The minimum atomic E-state index is -0.157. The second-order valence-corrected chi connectivity index (χ2v) is 5.80. The molecule has 2 aromatic carbocycles. The maximum atomic E-state index is 6.50. The van der Waals surface area contributed by atoms with Crippen molar-refractivity contribution in [3.8, 4) is 0 Å². The summed E-state index contributed by atoms with van der Waals surface area (Å²) >= 11 is 3.60. The van der Waals surface area contributed by atoms with E-state index in [0.717, 1.165) is 26.4 Å². The Kier molecular flexibility index (Phi) is 3.55. The van der Waals surface area contributed by atoms with E-state index in [1.54, 1.807) is 0 Å². The molecular formula is C17H15BrN2. The highest BCUT2D eigenvalue weighted by Crippen LogP contribution is 2.31. The van der Waals surface area contributed by atoms with Crippen LogP contribution >= 0.6 is 15.9 Å². The lowest BCUT2D eigenvalue weighted by atomic mass is 9.94. The average Bonchev–Trinajstić information content (AvgIpc) is 2.48. The van der Waals surface area contributed by atoms with Crippen LogP contribution in [-0.4, -0.2) is 4.98 Å². The number of benzene rings is 2. The van der Waals surface area contributed by atoms with E-state index in [2.05, 4.69) is 58.2 Å². The summed E-state index contributed by atoms with van der Waals surface area (Å²) in [6.45, 7) is 2.08. The number of fused-ring (bicyclic) bond motifs is 1. The third-order valence-corrected chi connectivity index (χ3v) is 4.26. The molecule has 1 atom stereocenters. The van der Waals surface area contributed by atoms with Gasteiger partial charge in [0.2, 0.25) is 0 Å². The molecular weight excluding hydrogens is 312 g/mol. The number of rotatable bonds is 2. The number of aromatic nitrogens is 1. The lowest BCUT2D eigenvalue weighted by Crippen LogP contribution is -2.13. The van der Waals surface area contributed by atoms with Gasteiger partial charge in [0.25, 0.3) is 0 Å². The maximum absolute atomic E-state index is 6.50. The van der Waals surface area contributed by atoms with E-state index in [1.165, 1.54) is 5.56 Å². The van der Waals surface area contributed by atoms with Crippen LogP contribution in [0.2, 0.25) is 0 Å². The Morgan fingerprint density at radius 3 is 2.80 bits per heavy atom. The molecule has 0 spiro atoms. The van der Waals surface area contributed by atoms with E-state index in [4.69, 9.17) is 5.73 Å². The molecule has 0 saturated heterocycles. The van der Waals surface area contributed by atoms with Crippen LogP contribution in [0, 0.1) is 6.92 Å². The van der Waals surface area contributed by atoms with Crippen molar-refractivity contribution in [1.29, 1.82) is 0 Å². The highest BCUT2D eigenvalue weighted by atomic mass is 79.9. The first-order valence-electron chi connectivity index (χ1n) is 6.51. The Balaban J connectivity index is 2.17. The van der Waals surface area contributed by atoms with Crippen molar-refractivity contribution in [2.45, 2.75) is 13.0 Å². The smallest absolute Gasteiger partial charge is 0.0569 e. The normalized spacial score (nSPS) is 12.6. The van der Waals surface area contributed by atoms with Crippen molar-refractivity contribution in [1.82, 2.24) is 4.98 Å². The van der Waals surface area contributed by atoms with Gasteiger partial charge in [-0.15, -0.1) is 0 Å². The molecule has 0 amide bonds. The summed E-state index contributed by atoms with van der Waals surface area (Å²) in [5.74, 6) is 0. The third kappa shape index (κ3) is 2.35. The van der Waals surface area contributed by atoms with E-state index in [0.29, 0.717) is 0 Å². The summed E-state index contributed by atoms with van der Waals surface area (Å²) in [5, 5.41) is 2.27. The molecule has 0 bridgehead atoms. The molecule has 1 heterocycles. The van der Waals surface area contributed by atoms with Crippen molar-refractivity contribution >= 4 is 26.7 Å². The Morgan fingerprint density at radius 2 is 1.95 bits per heavy atom. The highest BCUT2D eigenvalue weighted by Gasteiger charge is 2.14. The molecule has 0 fully saturated rings. The van der Waals surface area contributed by atoms with E-state index >= 15 is 0 Å². The van der Waals surface area contributed by atoms with Gasteiger partial charge in [0.05, 0.1) is 6.04 Å². The number of hydrogen-bond donors (Lipinski definition) is 1. The van der Waals surface area contributed by atoms with Gasteiger partial charge < -0.3 is 5.73 Å². The van der Waals surface area contributed by atoms with Gasteiger partial charge in [0, 0.05) is 22.3 Å². The van der Waals surface area contributed by atoms with Gasteiger partial charge in [-0.2, -0.15) is 0 Å². The number of nitrogens with two attached hydrogens (primary N) is 1. The van der Waals surface area contributed by atoms with Crippen molar-refractivity contribution in [2.24, 2.45) is 5.73 Å². The number of pyridine rings is 1. The van der Waals surface area contributed by atoms with Crippen molar-refractivity contribution in [3.05, 3.63) is 76.0 Å². The van der Waals surface area contributed by atoms with Gasteiger partial charge in [0.1, 0.15) is 0 Å². The lowest BCUT2D eigenvalue weighted by Gasteiger charge is -2.17. The zero-order chi connectivity index (χ0) is 14.1. The minimum Gasteiger partial charge on any atom is -0.320 e. The second-order valence-electron chi connectivity index (χ2n) is 4.95. The number of halogens is 1. The largest absolute Gasteiger partial charge is 0.320 e. The predicted molar refractivity (Wildman–Crippen MR) is 86.7 cm³/mol. The SMILES string of the molecule is Cc1ccc(Br)c(C(N)c2cccc3cnccc23)c1. The first kappa shape index (κ1) is 13.3. The molecule has 0 aliphatic rings. The van der Waals surface area contributed by atoms with Gasteiger partial charge in [-0.25, -0.2) is 0 Å². The van der Waals surface area contributed by atoms with Crippen LogP contribution in [0.4, 0.5) is 0 Å². The van der Waals surface area contributed by atoms with Crippen LogP contribution < -0.4 is 5.73 Å². The summed E-state index contributed by atoms with van der Waals surface area (Å²) in [5.41, 5.74) is 9.94.